The lowest BCUT2D eigenvalue weighted by molar-refractivity contribution is -0.116. The summed E-state index contributed by atoms with van der Waals surface area (Å²) in [5.74, 6) is 0.366. The van der Waals surface area contributed by atoms with E-state index in [0.717, 1.165) is 0 Å². The van der Waals surface area contributed by atoms with Crippen LogP contribution in [0.1, 0.15) is 0 Å². The van der Waals surface area contributed by atoms with E-state index in [4.69, 9.17) is 9.47 Å². The maximum atomic E-state index is 14.1. The molecule has 5 rings (SSSR count). The van der Waals surface area contributed by atoms with Gasteiger partial charge in [-0.2, -0.15) is 0 Å². The standard InChI is InChI=1S/C20H14FN3O4S/c21-12-2-1-3-15-17(12)18-19(29-15)20(26)24(10-22-18)9-16(25)23-11-4-5-13-14(8-11)28-7-6-27-13/h1-5,8,10H,6-7,9H2,(H,23,25). The van der Waals surface area contributed by atoms with Crippen LogP contribution in [0.5, 0.6) is 11.5 Å². The Morgan fingerprint density at radius 3 is 2.90 bits per heavy atom. The zero-order valence-corrected chi connectivity index (χ0v) is 15.8. The molecule has 0 fully saturated rings. The molecule has 146 valence electrons. The zero-order chi connectivity index (χ0) is 20.0. The minimum Gasteiger partial charge on any atom is -0.486 e. The predicted octanol–water partition coefficient (Wildman–Crippen LogP) is 3.16. The van der Waals surface area contributed by atoms with E-state index in [1.807, 2.05) is 0 Å². The van der Waals surface area contributed by atoms with Gasteiger partial charge in [0.05, 0.1) is 17.2 Å². The first kappa shape index (κ1) is 17.6. The lowest BCUT2D eigenvalue weighted by Crippen LogP contribution is -2.27. The Morgan fingerprint density at radius 2 is 2.03 bits per heavy atom. The van der Waals surface area contributed by atoms with E-state index in [-0.39, 0.29) is 12.1 Å². The van der Waals surface area contributed by atoms with E-state index in [0.29, 0.717) is 50.7 Å². The molecule has 0 unspecified atom stereocenters. The Balaban J connectivity index is 1.42. The fourth-order valence-electron chi connectivity index (χ4n) is 3.26. The van der Waals surface area contributed by atoms with Crippen molar-refractivity contribution in [1.29, 1.82) is 0 Å². The van der Waals surface area contributed by atoms with E-state index in [1.54, 1.807) is 30.3 Å². The largest absolute Gasteiger partial charge is 0.486 e. The van der Waals surface area contributed by atoms with Crippen LogP contribution in [-0.4, -0.2) is 28.7 Å². The third-order valence-electron chi connectivity index (χ3n) is 4.56. The van der Waals surface area contributed by atoms with Gasteiger partial charge >= 0.3 is 0 Å². The molecule has 0 bridgehead atoms. The highest BCUT2D eigenvalue weighted by Crippen LogP contribution is 2.33. The number of carbonyl (C=O) groups excluding carboxylic acids is 1. The van der Waals surface area contributed by atoms with Crippen molar-refractivity contribution in [3.63, 3.8) is 0 Å². The fraction of sp³-hybridized carbons (Fsp3) is 0.150. The number of fused-ring (bicyclic) bond motifs is 4. The van der Waals surface area contributed by atoms with Gasteiger partial charge in [-0.1, -0.05) is 6.07 Å². The quantitative estimate of drug-likeness (QED) is 0.560. The highest BCUT2D eigenvalue weighted by molar-refractivity contribution is 7.25. The molecule has 1 amide bonds. The smallest absolute Gasteiger partial charge is 0.271 e. The topological polar surface area (TPSA) is 82.5 Å². The minimum absolute atomic E-state index is 0.215. The second-order valence-corrected chi connectivity index (χ2v) is 7.53. The minimum atomic E-state index is -0.422. The van der Waals surface area contributed by atoms with Crippen molar-refractivity contribution in [2.24, 2.45) is 0 Å². The molecule has 0 radical (unpaired) electrons. The fourth-order valence-corrected chi connectivity index (χ4v) is 4.38. The molecular formula is C20H14FN3O4S. The number of hydrogen-bond acceptors (Lipinski definition) is 6. The number of ether oxygens (including phenoxy) is 2. The average molecular weight is 411 g/mol. The third kappa shape index (κ3) is 3.09. The molecule has 0 spiro atoms. The average Bonchev–Trinajstić information content (AvgIpc) is 3.11. The van der Waals surface area contributed by atoms with Crippen LogP contribution in [0, 0.1) is 5.82 Å². The Kier molecular flexibility index (Phi) is 4.17. The number of nitrogens with one attached hydrogen (secondary N) is 1. The van der Waals surface area contributed by atoms with Crippen LogP contribution in [0.2, 0.25) is 0 Å². The number of rotatable bonds is 3. The normalized spacial score (nSPS) is 13.0. The monoisotopic (exact) mass is 411 g/mol. The number of nitrogens with zero attached hydrogens (tertiary/aromatic N) is 2. The first-order valence-electron chi connectivity index (χ1n) is 8.86. The van der Waals surface area contributed by atoms with E-state index in [2.05, 4.69) is 10.3 Å². The Hall–Kier alpha value is -3.46. The molecule has 7 nitrogen and oxygen atoms in total. The number of carbonyl (C=O) groups is 1. The highest BCUT2D eigenvalue weighted by Gasteiger charge is 2.16. The van der Waals surface area contributed by atoms with Crippen molar-refractivity contribution < 1.29 is 18.7 Å². The molecule has 3 heterocycles. The lowest BCUT2D eigenvalue weighted by atomic mass is 10.2. The molecule has 0 aliphatic carbocycles. The van der Waals surface area contributed by atoms with Crippen LogP contribution in [0.25, 0.3) is 20.3 Å². The summed E-state index contributed by atoms with van der Waals surface area (Å²) >= 11 is 1.17. The van der Waals surface area contributed by atoms with Crippen LogP contribution in [0.3, 0.4) is 0 Å². The lowest BCUT2D eigenvalue weighted by Gasteiger charge is -2.19. The van der Waals surface area contributed by atoms with Gasteiger partial charge < -0.3 is 14.8 Å². The SMILES string of the molecule is O=C(Cn1cnc2c(sc3cccc(F)c32)c1=O)Nc1ccc2c(c1)OCCO2. The van der Waals surface area contributed by atoms with Crippen molar-refractivity contribution in [2.45, 2.75) is 6.54 Å². The Labute approximate surface area is 167 Å². The maximum absolute atomic E-state index is 14.1. The Bertz CT molecular complexity index is 1330. The molecule has 0 saturated heterocycles. The molecule has 1 N–H and O–H groups in total. The first-order chi connectivity index (χ1) is 14.1. The van der Waals surface area contributed by atoms with Crippen molar-refractivity contribution in [2.75, 3.05) is 18.5 Å². The number of thiophene rings is 1. The third-order valence-corrected chi connectivity index (χ3v) is 5.69. The summed E-state index contributed by atoms with van der Waals surface area (Å²) in [5.41, 5.74) is 0.467. The van der Waals surface area contributed by atoms with Gasteiger partial charge in [-0.25, -0.2) is 9.37 Å². The van der Waals surface area contributed by atoms with Crippen molar-refractivity contribution >= 4 is 43.2 Å². The molecular weight excluding hydrogens is 397 g/mol. The molecule has 9 heteroatoms. The van der Waals surface area contributed by atoms with Gasteiger partial charge in [-0.15, -0.1) is 11.3 Å². The van der Waals surface area contributed by atoms with Crippen LogP contribution >= 0.6 is 11.3 Å². The molecule has 0 atom stereocenters. The van der Waals surface area contributed by atoms with Crippen LogP contribution in [-0.2, 0) is 11.3 Å². The van der Waals surface area contributed by atoms with E-state index in [9.17, 15) is 14.0 Å². The molecule has 2 aromatic carbocycles. The Morgan fingerprint density at radius 1 is 1.21 bits per heavy atom. The first-order valence-corrected chi connectivity index (χ1v) is 9.67. The molecule has 2 aromatic heterocycles. The van der Waals surface area contributed by atoms with Gasteiger partial charge in [-0.05, 0) is 24.3 Å². The summed E-state index contributed by atoms with van der Waals surface area (Å²) in [5, 5.41) is 3.06. The van der Waals surface area contributed by atoms with Gasteiger partial charge in [0.25, 0.3) is 5.56 Å². The molecule has 1 aliphatic heterocycles. The van der Waals surface area contributed by atoms with Gasteiger partial charge in [0, 0.05) is 16.5 Å². The van der Waals surface area contributed by atoms with Gasteiger partial charge in [0.2, 0.25) is 5.91 Å². The summed E-state index contributed by atoms with van der Waals surface area (Å²) in [6, 6.07) is 9.75. The van der Waals surface area contributed by atoms with Gasteiger partial charge in [0.1, 0.15) is 30.3 Å². The van der Waals surface area contributed by atoms with Crippen molar-refractivity contribution in [3.05, 3.63) is 58.9 Å². The van der Waals surface area contributed by atoms with Gasteiger partial charge in [-0.3, -0.25) is 14.2 Å². The van der Waals surface area contributed by atoms with Crippen LogP contribution in [0.15, 0.2) is 47.5 Å². The van der Waals surface area contributed by atoms with Gasteiger partial charge in [0.15, 0.2) is 11.5 Å². The van der Waals surface area contributed by atoms with E-state index < -0.39 is 11.7 Å². The van der Waals surface area contributed by atoms with Crippen molar-refractivity contribution in [3.8, 4) is 11.5 Å². The number of benzene rings is 2. The molecule has 29 heavy (non-hydrogen) atoms. The van der Waals surface area contributed by atoms with E-state index >= 15 is 0 Å². The number of amides is 1. The molecule has 0 saturated carbocycles. The summed E-state index contributed by atoms with van der Waals surface area (Å²) < 4.78 is 27.3. The number of anilines is 1. The zero-order valence-electron chi connectivity index (χ0n) is 15.0. The number of hydrogen-bond donors (Lipinski definition) is 1. The number of halogens is 1. The van der Waals surface area contributed by atoms with E-state index in [1.165, 1.54) is 28.3 Å². The summed E-state index contributed by atoms with van der Waals surface area (Å²) in [7, 11) is 0. The number of aromatic nitrogens is 2. The second-order valence-electron chi connectivity index (χ2n) is 6.48. The summed E-state index contributed by atoms with van der Waals surface area (Å²) in [6.45, 7) is 0.715. The highest BCUT2D eigenvalue weighted by atomic mass is 32.1. The summed E-state index contributed by atoms with van der Waals surface area (Å²) in [4.78, 5) is 29.4. The molecule has 4 aromatic rings. The van der Waals surface area contributed by atoms with Crippen LogP contribution < -0.4 is 20.3 Å². The second kappa shape index (κ2) is 6.85. The van der Waals surface area contributed by atoms with Crippen LogP contribution in [0.4, 0.5) is 10.1 Å². The molecule has 1 aliphatic rings. The van der Waals surface area contributed by atoms with Crippen molar-refractivity contribution in [1.82, 2.24) is 9.55 Å². The summed E-state index contributed by atoms with van der Waals surface area (Å²) in [6.07, 6.45) is 1.27. The maximum Gasteiger partial charge on any atom is 0.271 e. The predicted molar refractivity (Wildman–Crippen MR) is 107 cm³/mol.